The van der Waals surface area contributed by atoms with E-state index in [1.807, 2.05) is 25.1 Å². The summed E-state index contributed by atoms with van der Waals surface area (Å²) < 4.78 is 2.23. The third-order valence-electron chi connectivity index (χ3n) is 5.00. The fraction of sp³-hybridized carbons (Fsp3) is 0.261. The Hall–Kier alpha value is -3.01. The predicted molar refractivity (Wildman–Crippen MR) is 112 cm³/mol. The lowest BCUT2D eigenvalue weighted by molar-refractivity contribution is 0.251. The molecule has 0 atom stereocenters. The summed E-state index contributed by atoms with van der Waals surface area (Å²) in [6.45, 7) is 10.9. The van der Waals surface area contributed by atoms with Crippen LogP contribution in [-0.4, -0.2) is 10.6 Å². The van der Waals surface area contributed by atoms with E-state index in [9.17, 15) is 4.79 Å². The predicted octanol–water partition coefficient (Wildman–Crippen LogP) is 5.34. The summed E-state index contributed by atoms with van der Waals surface area (Å²) in [6, 6.07) is 16.3. The highest BCUT2D eigenvalue weighted by molar-refractivity contribution is 5.89. The van der Waals surface area contributed by atoms with Gasteiger partial charge in [-0.15, -0.1) is 0 Å². The quantitative estimate of drug-likeness (QED) is 0.647. The molecule has 27 heavy (non-hydrogen) atoms. The van der Waals surface area contributed by atoms with Crippen molar-refractivity contribution in [1.29, 1.82) is 0 Å². The molecule has 1 aromatic heterocycles. The highest BCUT2D eigenvalue weighted by Gasteiger charge is 2.12. The van der Waals surface area contributed by atoms with Crippen molar-refractivity contribution in [2.45, 2.75) is 41.2 Å². The third-order valence-corrected chi connectivity index (χ3v) is 5.00. The van der Waals surface area contributed by atoms with E-state index in [2.05, 4.69) is 73.2 Å². The van der Waals surface area contributed by atoms with Crippen LogP contribution in [-0.2, 0) is 6.54 Å². The maximum Gasteiger partial charge on any atom is 0.319 e. The van der Waals surface area contributed by atoms with Gasteiger partial charge in [-0.3, -0.25) is 0 Å². The van der Waals surface area contributed by atoms with Gasteiger partial charge in [0.1, 0.15) is 0 Å². The normalized spacial score (nSPS) is 10.7. The van der Waals surface area contributed by atoms with Crippen LogP contribution in [0, 0.1) is 34.6 Å². The third kappa shape index (κ3) is 4.22. The Morgan fingerprint density at radius 1 is 0.926 bits per heavy atom. The van der Waals surface area contributed by atoms with Crippen LogP contribution in [0.5, 0.6) is 0 Å². The zero-order chi connectivity index (χ0) is 19.6. The minimum absolute atomic E-state index is 0.196. The first-order valence-electron chi connectivity index (χ1n) is 9.22. The number of anilines is 1. The molecule has 2 aromatic carbocycles. The van der Waals surface area contributed by atoms with Crippen molar-refractivity contribution in [1.82, 2.24) is 9.88 Å². The van der Waals surface area contributed by atoms with Crippen molar-refractivity contribution in [3.05, 3.63) is 82.2 Å². The fourth-order valence-electron chi connectivity index (χ4n) is 3.34. The van der Waals surface area contributed by atoms with Gasteiger partial charge in [-0.1, -0.05) is 18.2 Å². The van der Waals surface area contributed by atoms with Gasteiger partial charge in [0.25, 0.3) is 0 Å². The molecule has 4 nitrogen and oxygen atoms in total. The second-order valence-electron chi connectivity index (χ2n) is 7.18. The zero-order valence-electron chi connectivity index (χ0n) is 16.7. The first-order valence-corrected chi connectivity index (χ1v) is 9.22. The summed E-state index contributed by atoms with van der Waals surface area (Å²) >= 11 is 0. The molecule has 3 aromatic rings. The van der Waals surface area contributed by atoms with Crippen LogP contribution in [0.3, 0.4) is 0 Å². The lowest BCUT2D eigenvalue weighted by atomic mass is 10.1. The molecule has 3 rings (SSSR count). The first-order chi connectivity index (χ1) is 12.8. The zero-order valence-corrected chi connectivity index (χ0v) is 16.7. The topological polar surface area (TPSA) is 46.1 Å². The van der Waals surface area contributed by atoms with Gasteiger partial charge in [0.2, 0.25) is 0 Å². The van der Waals surface area contributed by atoms with E-state index in [1.165, 1.54) is 11.1 Å². The Morgan fingerprint density at radius 2 is 1.70 bits per heavy atom. The molecule has 2 N–H and O–H groups in total. The summed E-state index contributed by atoms with van der Waals surface area (Å²) in [4.78, 5) is 12.3. The maximum atomic E-state index is 12.3. The van der Waals surface area contributed by atoms with E-state index >= 15 is 0 Å². The van der Waals surface area contributed by atoms with Gasteiger partial charge in [0, 0.05) is 29.3 Å². The smallest absolute Gasteiger partial charge is 0.319 e. The van der Waals surface area contributed by atoms with E-state index in [4.69, 9.17) is 0 Å². The number of rotatable bonds is 4. The van der Waals surface area contributed by atoms with E-state index < -0.39 is 0 Å². The molecule has 0 radical (unpaired) electrons. The molecule has 0 aliphatic heterocycles. The number of aromatic nitrogens is 1. The average Bonchev–Trinajstić information content (AvgIpc) is 2.90. The summed E-state index contributed by atoms with van der Waals surface area (Å²) in [5.41, 5.74) is 8.97. The molecule has 2 amide bonds. The molecular weight excluding hydrogens is 334 g/mol. The van der Waals surface area contributed by atoms with Gasteiger partial charge >= 0.3 is 6.03 Å². The number of hydrogen-bond acceptors (Lipinski definition) is 1. The van der Waals surface area contributed by atoms with Crippen molar-refractivity contribution in [2.24, 2.45) is 0 Å². The van der Waals surface area contributed by atoms with E-state index in [0.29, 0.717) is 6.54 Å². The van der Waals surface area contributed by atoms with Crippen molar-refractivity contribution < 1.29 is 4.79 Å². The van der Waals surface area contributed by atoms with Gasteiger partial charge in [0.05, 0.1) is 0 Å². The number of urea groups is 1. The minimum Gasteiger partial charge on any atom is -0.334 e. The molecular formula is C23H27N3O. The summed E-state index contributed by atoms with van der Waals surface area (Å²) in [7, 11) is 0. The molecule has 0 saturated carbocycles. The Labute approximate surface area is 161 Å². The monoisotopic (exact) mass is 361 g/mol. The Balaban J connectivity index is 1.70. The summed E-state index contributed by atoms with van der Waals surface area (Å²) in [5, 5.41) is 5.87. The Morgan fingerprint density at radius 3 is 2.41 bits per heavy atom. The molecule has 0 saturated heterocycles. The van der Waals surface area contributed by atoms with Gasteiger partial charge in [0.15, 0.2) is 0 Å². The second-order valence-corrected chi connectivity index (χ2v) is 7.18. The lowest BCUT2D eigenvalue weighted by Crippen LogP contribution is -2.28. The van der Waals surface area contributed by atoms with Crippen LogP contribution in [0.4, 0.5) is 10.5 Å². The standard InChI is InChI=1S/C23H27N3O/c1-15-7-6-8-22(11-15)26-18(4)13-20(19(26)5)14-24-23(27)25-21-10-9-16(2)17(3)12-21/h6-13H,14H2,1-5H3,(H2,24,25,27). The number of nitrogens with zero attached hydrogens (tertiary/aromatic N) is 1. The number of amides is 2. The molecule has 4 heteroatoms. The van der Waals surface area contributed by atoms with Crippen molar-refractivity contribution in [2.75, 3.05) is 5.32 Å². The minimum atomic E-state index is -0.196. The Bertz CT molecular complexity index is 985. The number of aryl methyl sites for hydroxylation is 4. The van der Waals surface area contributed by atoms with Gasteiger partial charge in [-0.25, -0.2) is 4.79 Å². The van der Waals surface area contributed by atoms with Crippen molar-refractivity contribution in [3.63, 3.8) is 0 Å². The van der Waals surface area contributed by atoms with Crippen LogP contribution < -0.4 is 10.6 Å². The molecule has 0 bridgehead atoms. The highest BCUT2D eigenvalue weighted by Crippen LogP contribution is 2.21. The number of nitrogens with one attached hydrogen (secondary N) is 2. The molecule has 0 unspecified atom stereocenters. The second kappa shape index (κ2) is 7.70. The molecule has 140 valence electrons. The van der Waals surface area contributed by atoms with E-state index in [1.54, 1.807) is 0 Å². The Kier molecular flexibility index (Phi) is 5.36. The van der Waals surface area contributed by atoms with E-state index in [-0.39, 0.29) is 6.03 Å². The molecule has 1 heterocycles. The lowest BCUT2D eigenvalue weighted by Gasteiger charge is -2.12. The van der Waals surface area contributed by atoms with Crippen molar-refractivity contribution >= 4 is 11.7 Å². The van der Waals surface area contributed by atoms with Crippen molar-refractivity contribution in [3.8, 4) is 5.69 Å². The molecule has 0 spiro atoms. The average molecular weight is 361 g/mol. The van der Waals surface area contributed by atoms with Crippen LogP contribution in [0.15, 0.2) is 48.5 Å². The number of carbonyl (C=O) groups excluding carboxylic acids is 1. The van der Waals surface area contributed by atoms with Gasteiger partial charge in [-0.2, -0.15) is 0 Å². The molecule has 0 fully saturated rings. The van der Waals surface area contributed by atoms with Gasteiger partial charge in [-0.05, 0) is 87.2 Å². The van der Waals surface area contributed by atoms with Gasteiger partial charge < -0.3 is 15.2 Å². The van der Waals surface area contributed by atoms with Crippen LogP contribution in [0.1, 0.15) is 33.6 Å². The fourth-order valence-corrected chi connectivity index (χ4v) is 3.34. The number of carbonyl (C=O) groups is 1. The maximum absolute atomic E-state index is 12.3. The van der Waals surface area contributed by atoms with Crippen LogP contribution in [0.25, 0.3) is 5.69 Å². The first kappa shape index (κ1) is 18.8. The highest BCUT2D eigenvalue weighted by atomic mass is 16.2. The molecule has 0 aliphatic carbocycles. The summed E-state index contributed by atoms with van der Waals surface area (Å²) in [6.07, 6.45) is 0. The van der Waals surface area contributed by atoms with Crippen LogP contribution in [0.2, 0.25) is 0 Å². The van der Waals surface area contributed by atoms with E-state index in [0.717, 1.165) is 33.9 Å². The number of benzene rings is 2. The largest absolute Gasteiger partial charge is 0.334 e. The van der Waals surface area contributed by atoms with Crippen LogP contribution >= 0.6 is 0 Å². The SMILES string of the molecule is Cc1cccc(-n2c(C)cc(CNC(=O)Nc3ccc(C)c(C)c3)c2C)c1. The summed E-state index contributed by atoms with van der Waals surface area (Å²) in [5.74, 6) is 0. The molecule has 0 aliphatic rings. The number of hydrogen-bond donors (Lipinski definition) is 2.